The van der Waals surface area contributed by atoms with Crippen molar-refractivity contribution in [3.63, 3.8) is 0 Å². The van der Waals surface area contributed by atoms with Gasteiger partial charge in [0.2, 0.25) is 0 Å². The highest BCUT2D eigenvalue weighted by atomic mass is 32.1. The van der Waals surface area contributed by atoms with Crippen LogP contribution in [0.3, 0.4) is 0 Å². The lowest BCUT2D eigenvalue weighted by Gasteiger charge is -2.13. The average Bonchev–Trinajstić information content (AvgIpc) is 2.69. The zero-order valence-electron chi connectivity index (χ0n) is 9.42. The topological polar surface area (TPSA) is 12.0 Å². The fourth-order valence-corrected chi connectivity index (χ4v) is 3.59. The molecule has 1 N–H and O–H groups in total. The lowest BCUT2D eigenvalue weighted by Crippen LogP contribution is -2.19. The monoisotopic (exact) mass is 229 g/mol. The Morgan fingerprint density at radius 3 is 2.88 bits per heavy atom. The van der Waals surface area contributed by atoms with Gasteiger partial charge >= 0.3 is 0 Å². The van der Waals surface area contributed by atoms with Crippen LogP contribution in [0.4, 0.5) is 0 Å². The Bertz CT molecular complexity index is 551. The normalized spacial score (nSPS) is 16.4. The quantitative estimate of drug-likeness (QED) is 0.788. The van der Waals surface area contributed by atoms with Gasteiger partial charge in [0, 0.05) is 16.1 Å². The molecule has 0 amide bonds. The largest absolute Gasteiger partial charge is 0.313 e. The van der Waals surface area contributed by atoms with Crippen molar-refractivity contribution in [2.45, 2.75) is 13.3 Å². The molecule has 1 aliphatic heterocycles. The minimum Gasteiger partial charge on any atom is -0.313 e. The van der Waals surface area contributed by atoms with Gasteiger partial charge in [-0.2, -0.15) is 0 Å². The second-order valence-electron chi connectivity index (χ2n) is 4.24. The molecular weight excluding hydrogens is 214 g/mol. The molecule has 0 radical (unpaired) electrons. The smallest absolute Gasteiger partial charge is 0.0352 e. The summed E-state index contributed by atoms with van der Waals surface area (Å²) >= 11 is 1.93. The first-order valence-corrected chi connectivity index (χ1v) is 6.56. The van der Waals surface area contributed by atoms with E-state index >= 15 is 0 Å². The van der Waals surface area contributed by atoms with Crippen LogP contribution in [0.1, 0.15) is 16.9 Å². The van der Waals surface area contributed by atoms with E-state index in [1.54, 1.807) is 0 Å². The first-order chi connectivity index (χ1) is 7.86. The number of rotatable bonds is 1. The zero-order chi connectivity index (χ0) is 11.0. The molecule has 2 aromatic rings. The minimum absolute atomic E-state index is 1.02. The van der Waals surface area contributed by atoms with Crippen molar-refractivity contribution in [2.75, 3.05) is 13.1 Å². The maximum atomic E-state index is 3.37. The summed E-state index contributed by atoms with van der Waals surface area (Å²) in [6, 6.07) is 8.70. The summed E-state index contributed by atoms with van der Waals surface area (Å²) in [4.78, 5) is 1.49. The van der Waals surface area contributed by atoms with Gasteiger partial charge < -0.3 is 5.32 Å². The number of hydrogen-bond donors (Lipinski definition) is 1. The minimum atomic E-state index is 1.02. The summed E-state index contributed by atoms with van der Waals surface area (Å²) < 4.78 is 1.41. The van der Waals surface area contributed by atoms with Crippen molar-refractivity contribution in [1.29, 1.82) is 0 Å². The lowest BCUT2D eigenvalue weighted by atomic mass is 10.0. The molecular formula is C14H15NS. The zero-order valence-corrected chi connectivity index (χ0v) is 10.2. The summed E-state index contributed by atoms with van der Waals surface area (Å²) in [6.45, 7) is 4.37. The van der Waals surface area contributed by atoms with Crippen molar-refractivity contribution in [3.05, 3.63) is 40.8 Å². The fraction of sp³-hybridized carbons (Fsp3) is 0.286. The molecule has 0 atom stereocenters. The number of nitrogens with one attached hydrogen (secondary N) is 1. The lowest BCUT2D eigenvalue weighted by molar-refractivity contribution is 0.739. The Labute approximate surface area is 99.8 Å². The van der Waals surface area contributed by atoms with E-state index in [1.165, 1.54) is 26.1 Å². The van der Waals surface area contributed by atoms with Gasteiger partial charge in [0.25, 0.3) is 0 Å². The van der Waals surface area contributed by atoms with E-state index in [-0.39, 0.29) is 0 Å². The summed E-state index contributed by atoms with van der Waals surface area (Å²) in [5, 5.41) is 4.78. The molecule has 0 bridgehead atoms. The number of thiophene rings is 1. The summed E-state index contributed by atoms with van der Waals surface area (Å²) in [5.74, 6) is 0. The molecule has 16 heavy (non-hydrogen) atoms. The molecule has 0 spiro atoms. The molecule has 3 rings (SSSR count). The van der Waals surface area contributed by atoms with Gasteiger partial charge in [0.1, 0.15) is 0 Å². The van der Waals surface area contributed by atoms with Crippen LogP contribution in [-0.2, 0) is 0 Å². The molecule has 82 valence electrons. The van der Waals surface area contributed by atoms with Crippen LogP contribution in [0.25, 0.3) is 15.7 Å². The third-order valence-corrected chi connectivity index (χ3v) is 4.55. The van der Waals surface area contributed by atoms with E-state index in [9.17, 15) is 0 Å². The van der Waals surface area contributed by atoms with E-state index in [0.717, 1.165) is 19.5 Å². The molecule has 2 heterocycles. The molecule has 1 aromatic heterocycles. The van der Waals surface area contributed by atoms with Crippen molar-refractivity contribution in [2.24, 2.45) is 0 Å². The van der Waals surface area contributed by atoms with E-state index < -0.39 is 0 Å². The van der Waals surface area contributed by atoms with Gasteiger partial charge in [-0.05, 0) is 42.5 Å². The van der Waals surface area contributed by atoms with E-state index in [4.69, 9.17) is 0 Å². The Kier molecular flexibility index (Phi) is 2.54. The predicted octanol–water partition coefficient (Wildman–Crippen LogP) is 3.59. The highest BCUT2D eigenvalue weighted by molar-refractivity contribution is 7.20. The van der Waals surface area contributed by atoms with Crippen LogP contribution < -0.4 is 5.32 Å². The third kappa shape index (κ3) is 1.58. The molecule has 0 aliphatic carbocycles. The molecule has 1 aromatic carbocycles. The second-order valence-corrected chi connectivity index (χ2v) is 5.29. The number of fused-ring (bicyclic) bond motifs is 1. The highest BCUT2D eigenvalue weighted by Gasteiger charge is 2.13. The van der Waals surface area contributed by atoms with Crippen LogP contribution in [0.5, 0.6) is 0 Å². The molecule has 0 fully saturated rings. The van der Waals surface area contributed by atoms with Crippen molar-refractivity contribution in [3.8, 4) is 0 Å². The van der Waals surface area contributed by atoms with Gasteiger partial charge in [-0.25, -0.2) is 0 Å². The van der Waals surface area contributed by atoms with Crippen LogP contribution in [0.15, 0.2) is 30.3 Å². The summed E-state index contributed by atoms with van der Waals surface area (Å²) in [5.41, 5.74) is 2.98. The molecule has 1 aliphatic rings. The van der Waals surface area contributed by atoms with Gasteiger partial charge in [-0.1, -0.05) is 24.3 Å². The van der Waals surface area contributed by atoms with Gasteiger partial charge in [-0.3, -0.25) is 0 Å². The second kappa shape index (κ2) is 4.04. The Balaban J connectivity index is 2.16. The SMILES string of the molecule is Cc1c(C2=CCNCC2)sc2ccccc12. The Morgan fingerprint density at radius 2 is 2.12 bits per heavy atom. The first kappa shape index (κ1) is 10.1. The number of benzene rings is 1. The number of hydrogen-bond acceptors (Lipinski definition) is 2. The van der Waals surface area contributed by atoms with Crippen LogP contribution in [-0.4, -0.2) is 13.1 Å². The summed E-state index contributed by atoms with van der Waals surface area (Å²) in [7, 11) is 0. The Hall–Kier alpha value is -1.12. The Morgan fingerprint density at radius 1 is 1.25 bits per heavy atom. The third-order valence-electron chi connectivity index (χ3n) is 3.20. The molecule has 0 unspecified atom stereocenters. The van der Waals surface area contributed by atoms with Gasteiger partial charge in [0.05, 0.1) is 0 Å². The first-order valence-electron chi connectivity index (χ1n) is 5.74. The van der Waals surface area contributed by atoms with Crippen LogP contribution >= 0.6 is 11.3 Å². The van der Waals surface area contributed by atoms with Gasteiger partial charge in [0.15, 0.2) is 0 Å². The van der Waals surface area contributed by atoms with Crippen LogP contribution in [0.2, 0.25) is 0 Å². The number of aryl methyl sites for hydroxylation is 1. The predicted molar refractivity (Wildman–Crippen MR) is 72.0 cm³/mol. The maximum absolute atomic E-state index is 3.37. The van der Waals surface area contributed by atoms with E-state index in [0.29, 0.717) is 0 Å². The maximum Gasteiger partial charge on any atom is 0.0352 e. The highest BCUT2D eigenvalue weighted by Crippen LogP contribution is 2.36. The van der Waals surface area contributed by atoms with Crippen LogP contribution in [0, 0.1) is 6.92 Å². The van der Waals surface area contributed by atoms with Gasteiger partial charge in [-0.15, -0.1) is 11.3 Å². The van der Waals surface area contributed by atoms with Crippen molar-refractivity contribution in [1.82, 2.24) is 5.32 Å². The average molecular weight is 229 g/mol. The fourth-order valence-electron chi connectivity index (χ4n) is 2.31. The van der Waals surface area contributed by atoms with E-state index in [1.807, 2.05) is 11.3 Å². The molecule has 1 nitrogen and oxygen atoms in total. The summed E-state index contributed by atoms with van der Waals surface area (Å²) in [6.07, 6.45) is 3.49. The molecule has 0 saturated carbocycles. The molecule has 2 heteroatoms. The van der Waals surface area contributed by atoms with E-state index in [2.05, 4.69) is 42.6 Å². The standard InChI is InChI=1S/C14H15NS/c1-10-12-4-2-3-5-13(12)16-14(10)11-6-8-15-9-7-11/h2-6,15H,7-9H2,1H3. The molecule has 0 saturated heterocycles. The van der Waals surface area contributed by atoms with Crippen molar-refractivity contribution < 1.29 is 0 Å². The van der Waals surface area contributed by atoms with Crippen molar-refractivity contribution >= 4 is 27.0 Å².